The first-order chi connectivity index (χ1) is 12.1. The van der Waals surface area contributed by atoms with Crippen molar-refractivity contribution in [2.24, 2.45) is 5.92 Å². The molecule has 1 aromatic heterocycles. The number of amides is 1. The molecule has 1 N–H and O–H groups in total. The van der Waals surface area contributed by atoms with E-state index >= 15 is 0 Å². The number of carbonyl (C=O) groups is 1. The number of nitrogens with one attached hydrogen (secondary N) is 1. The summed E-state index contributed by atoms with van der Waals surface area (Å²) in [7, 11) is 0. The molecular weight excluding hydrogens is 310 g/mol. The van der Waals surface area contributed by atoms with E-state index in [1.54, 1.807) is 0 Å². The van der Waals surface area contributed by atoms with Crippen molar-refractivity contribution in [1.82, 2.24) is 15.1 Å². The fourth-order valence-electron chi connectivity index (χ4n) is 4.61. The molecule has 1 aromatic carbocycles. The first kappa shape index (κ1) is 16.4. The molecule has 1 saturated heterocycles. The van der Waals surface area contributed by atoms with E-state index in [2.05, 4.69) is 41.1 Å². The number of nitrogens with zero attached hydrogens (tertiary/aromatic N) is 2. The van der Waals surface area contributed by atoms with Gasteiger partial charge in [0.05, 0.1) is 6.20 Å². The van der Waals surface area contributed by atoms with Crippen LogP contribution in [-0.4, -0.2) is 34.1 Å². The minimum absolute atomic E-state index is 0.0946. The number of piperidine rings is 1. The van der Waals surface area contributed by atoms with E-state index in [1.165, 1.54) is 16.8 Å². The molecule has 0 radical (unpaired) electrons. The molecule has 1 spiro atoms. The third-order valence-electron chi connectivity index (χ3n) is 5.83. The Morgan fingerprint density at radius 1 is 1.28 bits per heavy atom. The molecule has 1 atom stereocenters. The molecule has 4 nitrogen and oxygen atoms in total. The van der Waals surface area contributed by atoms with Crippen LogP contribution >= 0.6 is 0 Å². The van der Waals surface area contributed by atoms with Gasteiger partial charge in [-0.15, -0.1) is 0 Å². The maximum absolute atomic E-state index is 13.0. The lowest BCUT2D eigenvalue weighted by molar-refractivity contribution is 0.0633. The van der Waals surface area contributed by atoms with Crippen LogP contribution in [0.5, 0.6) is 0 Å². The number of hydrogen-bond donors (Lipinski definition) is 1. The Balaban J connectivity index is 1.51. The second-order valence-electron chi connectivity index (χ2n) is 8.18. The van der Waals surface area contributed by atoms with E-state index in [0.29, 0.717) is 5.92 Å². The highest BCUT2D eigenvalue weighted by Gasteiger charge is 2.44. The summed E-state index contributed by atoms with van der Waals surface area (Å²) in [5.41, 5.74) is 4.83. The fraction of sp³-hybridized carbons (Fsp3) is 0.524. The number of hydrogen-bond acceptors (Lipinski definition) is 2. The summed E-state index contributed by atoms with van der Waals surface area (Å²) in [5.74, 6) is 0.803. The van der Waals surface area contributed by atoms with Gasteiger partial charge in [-0.2, -0.15) is 5.10 Å². The largest absolute Gasteiger partial charge is 0.338 e. The average Bonchev–Trinajstić information content (AvgIpc) is 3.20. The average molecular weight is 337 g/mol. The molecule has 1 aliphatic heterocycles. The Labute approximate surface area is 149 Å². The Bertz CT molecular complexity index is 762. The Morgan fingerprint density at radius 2 is 2.08 bits per heavy atom. The van der Waals surface area contributed by atoms with E-state index in [1.807, 2.05) is 18.3 Å². The van der Waals surface area contributed by atoms with Gasteiger partial charge in [-0.05, 0) is 61.3 Å². The molecule has 1 unspecified atom stereocenters. The fourth-order valence-corrected chi connectivity index (χ4v) is 4.61. The zero-order valence-corrected chi connectivity index (χ0v) is 15.2. The predicted octanol–water partition coefficient (Wildman–Crippen LogP) is 3.73. The van der Waals surface area contributed by atoms with Gasteiger partial charge in [-0.1, -0.05) is 26.0 Å². The van der Waals surface area contributed by atoms with Gasteiger partial charge in [0.15, 0.2) is 0 Å². The van der Waals surface area contributed by atoms with Gasteiger partial charge in [0.25, 0.3) is 5.91 Å². The van der Waals surface area contributed by atoms with Gasteiger partial charge in [0, 0.05) is 29.8 Å². The number of fused-ring (bicyclic) bond motifs is 2. The van der Waals surface area contributed by atoms with E-state index < -0.39 is 0 Å². The smallest absolute Gasteiger partial charge is 0.253 e. The van der Waals surface area contributed by atoms with Gasteiger partial charge < -0.3 is 4.90 Å². The molecule has 1 amide bonds. The van der Waals surface area contributed by atoms with E-state index in [-0.39, 0.29) is 11.3 Å². The van der Waals surface area contributed by atoms with Crippen molar-refractivity contribution in [3.8, 4) is 0 Å². The van der Waals surface area contributed by atoms with Crippen molar-refractivity contribution in [2.75, 3.05) is 13.1 Å². The van der Waals surface area contributed by atoms with Crippen molar-refractivity contribution in [1.29, 1.82) is 0 Å². The van der Waals surface area contributed by atoms with Crippen molar-refractivity contribution in [2.45, 2.75) is 51.4 Å². The summed E-state index contributed by atoms with van der Waals surface area (Å²) >= 11 is 0. The first-order valence-electron chi connectivity index (χ1n) is 9.48. The van der Waals surface area contributed by atoms with Crippen LogP contribution in [0.3, 0.4) is 0 Å². The van der Waals surface area contributed by atoms with E-state index in [9.17, 15) is 4.79 Å². The molecule has 0 saturated carbocycles. The lowest BCUT2D eigenvalue weighted by Crippen LogP contribution is -2.47. The highest BCUT2D eigenvalue weighted by Crippen LogP contribution is 2.44. The highest BCUT2D eigenvalue weighted by atomic mass is 16.2. The van der Waals surface area contributed by atoms with Crippen LogP contribution in [0, 0.1) is 5.92 Å². The minimum atomic E-state index is 0.0946. The van der Waals surface area contributed by atoms with E-state index in [4.69, 9.17) is 0 Å². The minimum Gasteiger partial charge on any atom is -0.338 e. The number of aryl methyl sites for hydroxylation is 1. The number of benzene rings is 1. The van der Waals surface area contributed by atoms with Gasteiger partial charge >= 0.3 is 0 Å². The summed E-state index contributed by atoms with van der Waals surface area (Å²) in [6.45, 7) is 6.11. The molecule has 4 rings (SSSR count). The standard InChI is InChI=1S/C21H27N3O/c1-15(2)12-16-4-6-17(7-5-16)20(25)24-11-3-9-21(14-24)10-8-18-13-22-23-19(18)21/h4-7,13,15H,3,8-12,14H2,1-2H3,(H,22,23). The van der Waals surface area contributed by atoms with Crippen LogP contribution < -0.4 is 0 Å². The molecule has 4 heteroatoms. The zero-order chi connectivity index (χ0) is 17.4. The second-order valence-corrected chi connectivity index (χ2v) is 8.18. The monoisotopic (exact) mass is 337 g/mol. The number of aromatic amines is 1. The van der Waals surface area contributed by atoms with Crippen molar-refractivity contribution in [3.63, 3.8) is 0 Å². The molecule has 132 valence electrons. The van der Waals surface area contributed by atoms with Crippen molar-refractivity contribution >= 4 is 5.91 Å². The van der Waals surface area contributed by atoms with Crippen LogP contribution in [0.2, 0.25) is 0 Å². The van der Waals surface area contributed by atoms with Crippen LogP contribution in [0.25, 0.3) is 0 Å². The maximum Gasteiger partial charge on any atom is 0.253 e. The normalized spacial score (nSPS) is 22.6. The zero-order valence-electron chi connectivity index (χ0n) is 15.2. The van der Waals surface area contributed by atoms with Crippen LogP contribution in [0.1, 0.15) is 60.3 Å². The van der Waals surface area contributed by atoms with E-state index in [0.717, 1.165) is 50.8 Å². The summed E-state index contributed by atoms with van der Waals surface area (Å²) in [6, 6.07) is 8.21. The molecule has 2 heterocycles. The van der Waals surface area contributed by atoms with Crippen LogP contribution in [0.4, 0.5) is 0 Å². The SMILES string of the molecule is CC(C)Cc1ccc(C(=O)N2CCCC3(CCc4cn[nH]c43)C2)cc1. The Hall–Kier alpha value is -2.10. The topological polar surface area (TPSA) is 49.0 Å². The first-order valence-corrected chi connectivity index (χ1v) is 9.48. The van der Waals surface area contributed by atoms with Crippen molar-refractivity contribution in [3.05, 3.63) is 52.8 Å². The third-order valence-corrected chi connectivity index (χ3v) is 5.83. The predicted molar refractivity (Wildman–Crippen MR) is 98.7 cm³/mol. The quantitative estimate of drug-likeness (QED) is 0.928. The third kappa shape index (κ3) is 2.99. The van der Waals surface area contributed by atoms with Gasteiger partial charge in [-0.3, -0.25) is 9.89 Å². The molecule has 1 fully saturated rings. The molecule has 2 aromatic rings. The molecule has 1 aliphatic carbocycles. The molecule has 0 bridgehead atoms. The Kier molecular flexibility index (Phi) is 4.14. The molecule has 25 heavy (non-hydrogen) atoms. The summed E-state index contributed by atoms with van der Waals surface area (Å²) in [4.78, 5) is 15.1. The van der Waals surface area contributed by atoms with Crippen LogP contribution in [-0.2, 0) is 18.3 Å². The lowest BCUT2D eigenvalue weighted by Gasteiger charge is -2.40. The number of aromatic nitrogens is 2. The molecular formula is C21H27N3O. The second kappa shape index (κ2) is 6.32. The van der Waals surface area contributed by atoms with Gasteiger partial charge in [0.2, 0.25) is 0 Å². The summed E-state index contributed by atoms with van der Waals surface area (Å²) < 4.78 is 0. The van der Waals surface area contributed by atoms with Crippen molar-refractivity contribution < 1.29 is 4.79 Å². The number of H-pyrrole nitrogens is 1. The number of carbonyl (C=O) groups excluding carboxylic acids is 1. The summed E-state index contributed by atoms with van der Waals surface area (Å²) in [6.07, 6.45) is 7.45. The van der Waals surface area contributed by atoms with Crippen LogP contribution in [0.15, 0.2) is 30.5 Å². The Morgan fingerprint density at radius 3 is 2.84 bits per heavy atom. The van der Waals surface area contributed by atoms with Gasteiger partial charge in [0.1, 0.15) is 0 Å². The number of likely N-dealkylation sites (tertiary alicyclic amines) is 1. The highest BCUT2D eigenvalue weighted by molar-refractivity contribution is 5.94. The number of rotatable bonds is 3. The van der Waals surface area contributed by atoms with Gasteiger partial charge in [-0.25, -0.2) is 0 Å². The summed E-state index contributed by atoms with van der Waals surface area (Å²) in [5, 5.41) is 7.44. The maximum atomic E-state index is 13.0. The lowest BCUT2D eigenvalue weighted by atomic mass is 9.77. The molecule has 2 aliphatic rings.